The highest BCUT2D eigenvalue weighted by atomic mass is 32.2. The van der Waals surface area contributed by atoms with Crippen LogP contribution in [0.5, 0.6) is 5.75 Å². The van der Waals surface area contributed by atoms with Crippen LogP contribution in [0.3, 0.4) is 0 Å². The van der Waals surface area contributed by atoms with E-state index in [9.17, 15) is 13.0 Å². The van der Waals surface area contributed by atoms with E-state index in [-0.39, 0.29) is 4.21 Å². The third-order valence-corrected chi connectivity index (χ3v) is 7.50. The molecule has 0 radical (unpaired) electrons. The Morgan fingerprint density at radius 1 is 1.26 bits per heavy atom. The predicted octanol–water partition coefficient (Wildman–Crippen LogP) is 2.08. The summed E-state index contributed by atoms with van der Waals surface area (Å²) < 4.78 is 43.7. The van der Waals surface area contributed by atoms with Crippen molar-refractivity contribution in [2.24, 2.45) is 0 Å². The van der Waals surface area contributed by atoms with E-state index in [1.807, 2.05) is 23.1 Å². The molecule has 27 heavy (non-hydrogen) atoms. The molecule has 1 aliphatic heterocycles. The van der Waals surface area contributed by atoms with Gasteiger partial charge in [-0.25, -0.2) is 8.42 Å². The van der Waals surface area contributed by atoms with Crippen molar-refractivity contribution in [2.75, 3.05) is 26.0 Å². The lowest BCUT2D eigenvalue weighted by atomic mass is 10.2. The van der Waals surface area contributed by atoms with Gasteiger partial charge in [-0.1, -0.05) is 12.2 Å². The quantitative estimate of drug-likeness (QED) is 0.549. The zero-order chi connectivity index (χ0) is 19.5. The Bertz CT molecular complexity index is 1020. The number of nitrogens with zero attached hydrogens (tertiary/aromatic N) is 1. The lowest BCUT2D eigenvalue weighted by Crippen LogP contribution is -2.24. The topological polar surface area (TPSA) is 116 Å². The molecule has 0 aliphatic carbocycles. The first kappa shape index (κ1) is 20.1. The van der Waals surface area contributed by atoms with E-state index in [4.69, 9.17) is 14.5 Å². The Morgan fingerprint density at radius 3 is 2.78 bits per heavy atom. The maximum atomic E-state index is 12.2. The molecule has 3 N–H and O–H groups in total. The maximum Gasteiger partial charge on any atom is 0.340 e. The number of allylic oxidation sites excluding steroid dienone is 2. The smallest absolute Gasteiger partial charge is 0.340 e. The van der Waals surface area contributed by atoms with Gasteiger partial charge >= 0.3 is 7.60 Å². The standard InChI is InChI=1S/C16H19N2O6PS2/c19-25(20,21)12-17-27(22,23)16-11-13-10-14(4-5-15(13)26-16)24-9-8-18-6-2-1-3-7-18/h1-6,10-11,17H,7-9,12H2,(H2,19,20,21). The van der Waals surface area contributed by atoms with Crippen LogP contribution in [-0.2, 0) is 14.6 Å². The number of ether oxygens (including phenoxy) is 1. The lowest BCUT2D eigenvalue weighted by molar-refractivity contribution is 0.263. The minimum absolute atomic E-state index is 0.00617. The molecule has 146 valence electrons. The summed E-state index contributed by atoms with van der Waals surface area (Å²) in [6, 6.07) is 6.75. The zero-order valence-electron chi connectivity index (χ0n) is 14.2. The van der Waals surface area contributed by atoms with Gasteiger partial charge in [-0.2, -0.15) is 4.72 Å². The summed E-state index contributed by atoms with van der Waals surface area (Å²) in [5, 5.41) is 0.690. The van der Waals surface area contributed by atoms with Crippen molar-refractivity contribution < 1.29 is 27.5 Å². The van der Waals surface area contributed by atoms with Crippen LogP contribution in [0.2, 0.25) is 0 Å². The van der Waals surface area contributed by atoms with Crippen LogP contribution in [0.1, 0.15) is 0 Å². The number of rotatable bonds is 8. The highest BCUT2D eigenvalue weighted by Crippen LogP contribution is 2.35. The van der Waals surface area contributed by atoms with Crippen LogP contribution in [0.25, 0.3) is 10.1 Å². The van der Waals surface area contributed by atoms with E-state index < -0.39 is 23.9 Å². The highest BCUT2D eigenvalue weighted by Gasteiger charge is 2.22. The summed E-state index contributed by atoms with van der Waals surface area (Å²) >= 11 is 1.03. The molecular weight excluding hydrogens is 411 g/mol. The van der Waals surface area contributed by atoms with Crippen LogP contribution in [0.4, 0.5) is 0 Å². The molecule has 0 amide bonds. The van der Waals surface area contributed by atoms with Crippen molar-refractivity contribution in [3.05, 3.63) is 48.7 Å². The van der Waals surface area contributed by atoms with E-state index in [1.165, 1.54) is 6.07 Å². The van der Waals surface area contributed by atoms with Gasteiger partial charge in [-0.05, 0) is 41.9 Å². The number of benzene rings is 1. The van der Waals surface area contributed by atoms with Crippen molar-refractivity contribution >= 4 is 39.0 Å². The molecule has 0 spiro atoms. The summed E-state index contributed by atoms with van der Waals surface area (Å²) in [4.78, 5) is 19.8. The Labute approximate surface area is 161 Å². The second-order valence-electron chi connectivity index (χ2n) is 5.85. The van der Waals surface area contributed by atoms with Crippen molar-refractivity contribution in [1.82, 2.24) is 9.62 Å². The van der Waals surface area contributed by atoms with Gasteiger partial charge < -0.3 is 19.4 Å². The van der Waals surface area contributed by atoms with Gasteiger partial charge in [-0.15, -0.1) is 11.3 Å². The number of thiophene rings is 1. The second kappa shape index (κ2) is 8.14. The average molecular weight is 430 g/mol. The summed E-state index contributed by atoms with van der Waals surface area (Å²) in [6.45, 7) is 2.06. The van der Waals surface area contributed by atoms with Gasteiger partial charge in [0.15, 0.2) is 0 Å². The van der Waals surface area contributed by atoms with Gasteiger partial charge in [0.2, 0.25) is 0 Å². The second-order valence-corrected chi connectivity index (χ2v) is 10.6. The molecule has 0 unspecified atom stereocenters. The van der Waals surface area contributed by atoms with Crippen molar-refractivity contribution in [2.45, 2.75) is 4.21 Å². The number of fused-ring (bicyclic) bond motifs is 1. The van der Waals surface area contributed by atoms with Crippen molar-refractivity contribution in [3.63, 3.8) is 0 Å². The van der Waals surface area contributed by atoms with E-state index in [0.29, 0.717) is 17.7 Å². The first-order valence-electron chi connectivity index (χ1n) is 8.01. The van der Waals surface area contributed by atoms with E-state index in [2.05, 4.69) is 11.0 Å². The monoisotopic (exact) mass is 430 g/mol. The van der Waals surface area contributed by atoms with Gasteiger partial charge in [0.05, 0.1) is 6.54 Å². The molecule has 0 bridgehead atoms. The number of nitrogens with one attached hydrogen (secondary N) is 1. The summed E-state index contributed by atoms with van der Waals surface area (Å²) in [7, 11) is -8.45. The molecule has 2 aromatic rings. The number of hydrogen-bond acceptors (Lipinski definition) is 6. The van der Waals surface area contributed by atoms with E-state index in [1.54, 1.807) is 18.2 Å². The molecule has 1 aromatic heterocycles. The minimum Gasteiger partial charge on any atom is -0.492 e. The minimum atomic E-state index is -4.47. The van der Waals surface area contributed by atoms with Crippen LogP contribution < -0.4 is 9.46 Å². The molecule has 2 heterocycles. The van der Waals surface area contributed by atoms with E-state index in [0.717, 1.165) is 29.1 Å². The van der Waals surface area contributed by atoms with Gasteiger partial charge in [0, 0.05) is 11.2 Å². The van der Waals surface area contributed by atoms with Gasteiger partial charge in [-0.3, -0.25) is 4.57 Å². The molecule has 1 aromatic carbocycles. The Balaban J connectivity index is 1.66. The fraction of sp³-hybridized carbons (Fsp3) is 0.250. The van der Waals surface area contributed by atoms with E-state index >= 15 is 0 Å². The third-order valence-electron chi connectivity index (χ3n) is 3.72. The molecule has 0 fully saturated rings. The molecular formula is C16H19N2O6PS2. The molecule has 8 nitrogen and oxygen atoms in total. The summed E-state index contributed by atoms with van der Waals surface area (Å²) in [5.74, 6) is 0.629. The average Bonchev–Trinajstić information content (AvgIpc) is 3.05. The molecule has 3 rings (SSSR count). The first-order valence-corrected chi connectivity index (χ1v) is 12.1. The number of hydrogen-bond donors (Lipinski definition) is 3. The SMILES string of the molecule is O=P(O)(O)CNS(=O)(=O)c1cc2cc(OCCN3C=CC=CC3)ccc2s1. The van der Waals surface area contributed by atoms with Gasteiger partial charge in [0.25, 0.3) is 10.0 Å². The Morgan fingerprint density at radius 2 is 2.07 bits per heavy atom. The van der Waals surface area contributed by atoms with Crippen LogP contribution in [0.15, 0.2) is 52.9 Å². The zero-order valence-corrected chi connectivity index (χ0v) is 16.7. The number of sulfonamides is 1. The largest absolute Gasteiger partial charge is 0.492 e. The Hall–Kier alpha value is -1.68. The van der Waals surface area contributed by atoms with Gasteiger partial charge in [0.1, 0.15) is 22.9 Å². The molecule has 1 aliphatic rings. The highest BCUT2D eigenvalue weighted by molar-refractivity contribution is 7.92. The van der Waals surface area contributed by atoms with Crippen LogP contribution in [0, 0.1) is 0 Å². The van der Waals surface area contributed by atoms with Crippen LogP contribution in [-0.4, -0.2) is 49.1 Å². The fourth-order valence-electron chi connectivity index (χ4n) is 2.41. The molecule has 0 saturated heterocycles. The Kier molecular flexibility index (Phi) is 6.05. The summed E-state index contributed by atoms with van der Waals surface area (Å²) in [5.41, 5.74) is 0. The molecule has 0 atom stereocenters. The summed E-state index contributed by atoms with van der Waals surface area (Å²) in [6.07, 6.45) is 7.07. The van der Waals surface area contributed by atoms with Crippen molar-refractivity contribution in [1.29, 1.82) is 0 Å². The third kappa shape index (κ3) is 5.65. The lowest BCUT2D eigenvalue weighted by Gasteiger charge is -2.20. The normalized spacial score (nSPS) is 14.8. The maximum absolute atomic E-state index is 12.2. The van der Waals surface area contributed by atoms with Crippen molar-refractivity contribution in [3.8, 4) is 5.75 Å². The predicted molar refractivity (Wildman–Crippen MR) is 104 cm³/mol. The fourth-order valence-corrected chi connectivity index (χ4v) is 5.85. The first-order chi connectivity index (χ1) is 12.7. The van der Waals surface area contributed by atoms with Crippen LogP contribution >= 0.6 is 18.9 Å². The molecule has 11 heteroatoms. The molecule has 0 saturated carbocycles.